The minimum absolute atomic E-state index is 0.00849. The molecule has 1 amide bonds. The zero-order valence-corrected chi connectivity index (χ0v) is 18.7. The Balaban J connectivity index is 1.52. The maximum Gasteiger partial charge on any atom is 0.224 e. The van der Waals surface area contributed by atoms with E-state index in [9.17, 15) is 9.90 Å². The standard InChI is InChI=1S/C30H27NO2/c1-22-10-12-24(13-11-22)20-30(33)31-21-26-7-3-5-9-29(26)28-8-4-2-6-25(28)17-14-23-15-18-27(32)19-16-23/h2-19,32H,20-21H2,1H3,(H,31,33)/b17-14+. The number of amides is 1. The number of hydrogen-bond acceptors (Lipinski definition) is 2. The van der Waals surface area contributed by atoms with Crippen molar-refractivity contribution in [3.8, 4) is 16.9 Å². The monoisotopic (exact) mass is 433 g/mol. The Labute approximate surface area is 195 Å². The first-order valence-electron chi connectivity index (χ1n) is 11.1. The van der Waals surface area contributed by atoms with E-state index in [-0.39, 0.29) is 11.7 Å². The molecule has 0 bridgehead atoms. The van der Waals surface area contributed by atoms with Gasteiger partial charge in [-0.15, -0.1) is 0 Å². The fourth-order valence-corrected chi connectivity index (χ4v) is 3.74. The molecular weight excluding hydrogens is 406 g/mol. The van der Waals surface area contributed by atoms with E-state index in [2.05, 4.69) is 35.7 Å². The van der Waals surface area contributed by atoms with Crippen LogP contribution >= 0.6 is 0 Å². The molecule has 0 unspecified atom stereocenters. The number of carbonyl (C=O) groups excluding carboxylic acids is 1. The summed E-state index contributed by atoms with van der Waals surface area (Å²) in [5.74, 6) is 0.264. The Kier molecular flexibility index (Phi) is 7.01. The van der Waals surface area contributed by atoms with Crippen LogP contribution in [0.1, 0.15) is 27.8 Å². The minimum Gasteiger partial charge on any atom is -0.508 e. The summed E-state index contributed by atoms with van der Waals surface area (Å²) in [5, 5.41) is 12.6. The zero-order valence-electron chi connectivity index (χ0n) is 18.7. The minimum atomic E-state index is 0.00849. The number of aromatic hydroxyl groups is 1. The molecule has 0 aliphatic carbocycles. The van der Waals surface area contributed by atoms with Crippen LogP contribution in [-0.4, -0.2) is 11.0 Å². The molecule has 4 aromatic rings. The Morgan fingerprint density at radius 2 is 1.45 bits per heavy atom. The SMILES string of the molecule is Cc1ccc(CC(=O)NCc2ccccc2-c2ccccc2/C=C/c2ccc(O)cc2)cc1. The van der Waals surface area contributed by atoms with Crippen molar-refractivity contribution >= 4 is 18.1 Å². The maximum absolute atomic E-state index is 12.5. The number of nitrogens with one attached hydrogen (secondary N) is 1. The molecular formula is C30H27NO2. The number of carbonyl (C=O) groups is 1. The van der Waals surface area contributed by atoms with Gasteiger partial charge in [-0.25, -0.2) is 0 Å². The molecule has 0 radical (unpaired) electrons. The van der Waals surface area contributed by atoms with Gasteiger partial charge < -0.3 is 10.4 Å². The van der Waals surface area contributed by atoms with Crippen LogP contribution in [0.3, 0.4) is 0 Å². The second-order valence-electron chi connectivity index (χ2n) is 8.11. The Morgan fingerprint density at radius 3 is 2.21 bits per heavy atom. The molecule has 33 heavy (non-hydrogen) atoms. The first kappa shape index (κ1) is 22.1. The number of phenols is 1. The van der Waals surface area contributed by atoms with Gasteiger partial charge in [0.25, 0.3) is 0 Å². The largest absolute Gasteiger partial charge is 0.508 e. The fraction of sp³-hybridized carbons (Fsp3) is 0.100. The molecule has 4 aromatic carbocycles. The highest BCUT2D eigenvalue weighted by molar-refractivity contribution is 5.83. The number of benzene rings is 4. The predicted molar refractivity (Wildman–Crippen MR) is 136 cm³/mol. The van der Waals surface area contributed by atoms with Gasteiger partial charge in [-0.3, -0.25) is 4.79 Å². The average Bonchev–Trinajstić information content (AvgIpc) is 2.84. The lowest BCUT2D eigenvalue weighted by Crippen LogP contribution is -2.24. The van der Waals surface area contributed by atoms with Gasteiger partial charge in [-0.05, 0) is 52.4 Å². The van der Waals surface area contributed by atoms with Crippen molar-refractivity contribution in [1.29, 1.82) is 0 Å². The molecule has 0 aliphatic rings. The average molecular weight is 434 g/mol. The van der Waals surface area contributed by atoms with Gasteiger partial charge in [0.05, 0.1) is 6.42 Å². The molecule has 3 heteroatoms. The summed E-state index contributed by atoms with van der Waals surface area (Å²) in [7, 11) is 0. The maximum atomic E-state index is 12.5. The molecule has 4 rings (SSSR count). The van der Waals surface area contributed by atoms with Crippen LogP contribution < -0.4 is 5.32 Å². The molecule has 2 N–H and O–H groups in total. The van der Waals surface area contributed by atoms with Crippen molar-refractivity contribution in [3.63, 3.8) is 0 Å². The first-order valence-corrected chi connectivity index (χ1v) is 11.1. The second-order valence-corrected chi connectivity index (χ2v) is 8.11. The quantitative estimate of drug-likeness (QED) is 0.332. The second kappa shape index (κ2) is 10.5. The van der Waals surface area contributed by atoms with Crippen LogP contribution in [-0.2, 0) is 17.8 Å². The van der Waals surface area contributed by atoms with Crippen molar-refractivity contribution in [2.75, 3.05) is 0 Å². The van der Waals surface area contributed by atoms with Gasteiger partial charge in [0.1, 0.15) is 5.75 Å². The molecule has 0 atom stereocenters. The molecule has 0 saturated heterocycles. The zero-order chi connectivity index (χ0) is 23.0. The molecule has 0 aliphatic heterocycles. The summed E-state index contributed by atoms with van der Waals surface area (Å²) in [6.45, 7) is 2.51. The highest BCUT2D eigenvalue weighted by atomic mass is 16.3. The third kappa shape index (κ3) is 5.98. The van der Waals surface area contributed by atoms with E-state index in [4.69, 9.17) is 0 Å². The van der Waals surface area contributed by atoms with E-state index in [0.29, 0.717) is 13.0 Å². The van der Waals surface area contributed by atoms with Crippen LogP contribution in [0.4, 0.5) is 0 Å². The molecule has 0 aromatic heterocycles. The lowest BCUT2D eigenvalue weighted by Gasteiger charge is -2.13. The Morgan fingerprint density at radius 1 is 0.788 bits per heavy atom. The van der Waals surface area contributed by atoms with E-state index < -0.39 is 0 Å². The van der Waals surface area contributed by atoms with Crippen molar-refractivity contribution in [2.45, 2.75) is 19.9 Å². The van der Waals surface area contributed by atoms with Crippen molar-refractivity contribution in [3.05, 3.63) is 125 Å². The predicted octanol–water partition coefficient (Wildman–Crippen LogP) is 6.40. The van der Waals surface area contributed by atoms with Gasteiger partial charge in [0.2, 0.25) is 5.91 Å². The summed E-state index contributed by atoms with van der Waals surface area (Å²) in [4.78, 5) is 12.5. The van der Waals surface area contributed by atoms with Gasteiger partial charge in [-0.1, -0.05) is 103 Å². The topological polar surface area (TPSA) is 49.3 Å². The van der Waals surface area contributed by atoms with Crippen LogP contribution in [0.2, 0.25) is 0 Å². The van der Waals surface area contributed by atoms with E-state index in [1.54, 1.807) is 12.1 Å². The number of rotatable bonds is 7. The van der Waals surface area contributed by atoms with Gasteiger partial charge in [0.15, 0.2) is 0 Å². The molecule has 3 nitrogen and oxygen atoms in total. The lowest BCUT2D eigenvalue weighted by atomic mass is 9.94. The van der Waals surface area contributed by atoms with E-state index in [1.165, 1.54) is 5.56 Å². The van der Waals surface area contributed by atoms with Gasteiger partial charge in [-0.2, -0.15) is 0 Å². The summed E-state index contributed by atoms with van der Waals surface area (Å²) in [6, 6.07) is 31.6. The third-order valence-electron chi connectivity index (χ3n) is 5.58. The fourth-order valence-electron chi connectivity index (χ4n) is 3.74. The number of hydrogen-bond donors (Lipinski definition) is 2. The van der Waals surface area contributed by atoms with E-state index >= 15 is 0 Å². The molecule has 0 saturated carbocycles. The number of phenolic OH excluding ortho intramolecular Hbond substituents is 1. The van der Waals surface area contributed by atoms with Crippen molar-refractivity contribution in [1.82, 2.24) is 5.32 Å². The lowest BCUT2D eigenvalue weighted by molar-refractivity contribution is -0.120. The molecule has 0 fully saturated rings. The Hall–Kier alpha value is -4.11. The third-order valence-corrected chi connectivity index (χ3v) is 5.58. The van der Waals surface area contributed by atoms with Crippen LogP contribution in [0.15, 0.2) is 97.1 Å². The van der Waals surface area contributed by atoms with Crippen LogP contribution in [0.5, 0.6) is 5.75 Å². The molecule has 0 heterocycles. The summed E-state index contributed by atoms with van der Waals surface area (Å²) in [6.07, 6.45) is 4.48. The van der Waals surface area contributed by atoms with Crippen molar-refractivity contribution < 1.29 is 9.90 Å². The van der Waals surface area contributed by atoms with E-state index in [0.717, 1.165) is 33.4 Å². The van der Waals surface area contributed by atoms with Crippen LogP contribution in [0, 0.1) is 6.92 Å². The van der Waals surface area contributed by atoms with Crippen molar-refractivity contribution in [2.24, 2.45) is 0 Å². The van der Waals surface area contributed by atoms with Gasteiger partial charge >= 0.3 is 0 Å². The molecule has 164 valence electrons. The van der Waals surface area contributed by atoms with Gasteiger partial charge in [0, 0.05) is 6.54 Å². The summed E-state index contributed by atoms with van der Waals surface area (Å²) in [5.41, 5.74) is 7.57. The highest BCUT2D eigenvalue weighted by Crippen LogP contribution is 2.28. The number of aryl methyl sites for hydroxylation is 1. The highest BCUT2D eigenvalue weighted by Gasteiger charge is 2.10. The van der Waals surface area contributed by atoms with E-state index in [1.807, 2.05) is 73.7 Å². The normalized spacial score (nSPS) is 10.9. The smallest absolute Gasteiger partial charge is 0.224 e. The Bertz CT molecular complexity index is 1260. The summed E-state index contributed by atoms with van der Waals surface area (Å²) < 4.78 is 0. The summed E-state index contributed by atoms with van der Waals surface area (Å²) >= 11 is 0. The molecule has 0 spiro atoms. The van der Waals surface area contributed by atoms with Crippen LogP contribution in [0.25, 0.3) is 23.3 Å². The first-order chi connectivity index (χ1) is 16.1.